The van der Waals surface area contributed by atoms with Crippen LogP contribution in [0.25, 0.3) is 0 Å². The summed E-state index contributed by atoms with van der Waals surface area (Å²) in [6, 6.07) is 20.2. The van der Waals surface area contributed by atoms with Crippen molar-refractivity contribution in [2.45, 2.75) is 25.8 Å². The highest BCUT2D eigenvalue weighted by atomic mass is 79.9. The second-order valence-electron chi connectivity index (χ2n) is 6.22. The summed E-state index contributed by atoms with van der Waals surface area (Å²) in [5.74, 6) is 0.253. The van der Waals surface area contributed by atoms with Crippen molar-refractivity contribution >= 4 is 27.4 Å². The molecule has 3 nitrogen and oxygen atoms in total. The van der Waals surface area contributed by atoms with Gasteiger partial charge in [-0.25, -0.2) is 0 Å². The molecule has 0 aliphatic carbocycles. The Morgan fingerprint density at radius 1 is 0.962 bits per heavy atom. The van der Waals surface area contributed by atoms with Gasteiger partial charge in [-0.1, -0.05) is 52.3 Å². The highest BCUT2D eigenvalue weighted by molar-refractivity contribution is 9.10. The maximum Gasteiger partial charge on any atom is 0.137 e. The number of hydrogen-bond donors (Lipinski definition) is 1. The molecule has 0 fully saturated rings. The van der Waals surface area contributed by atoms with E-state index in [9.17, 15) is 4.79 Å². The lowest BCUT2D eigenvalue weighted by atomic mass is 10.0. The van der Waals surface area contributed by atoms with Crippen LogP contribution >= 0.6 is 15.9 Å². The Labute approximate surface area is 162 Å². The molecular formula is C22H21BrN2O. The summed E-state index contributed by atoms with van der Waals surface area (Å²) >= 11 is 3.56. The third-order valence-electron chi connectivity index (χ3n) is 4.21. The first-order valence-electron chi connectivity index (χ1n) is 8.67. The normalized spacial score (nSPS) is 10.5. The van der Waals surface area contributed by atoms with Crippen molar-refractivity contribution < 1.29 is 4.79 Å². The number of halogens is 1. The van der Waals surface area contributed by atoms with Crippen LogP contribution in [0.4, 0.5) is 5.69 Å². The molecule has 0 atom stereocenters. The summed E-state index contributed by atoms with van der Waals surface area (Å²) in [6.07, 6.45) is 5.34. The summed E-state index contributed by atoms with van der Waals surface area (Å²) in [4.78, 5) is 16.3. The molecule has 0 amide bonds. The van der Waals surface area contributed by atoms with Gasteiger partial charge in [0.25, 0.3) is 0 Å². The number of carbonyl (C=O) groups excluding carboxylic acids is 1. The van der Waals surface area contributed by atoms with Crippen molar-refractivity contribution in [2.75, 3.05) is 5.32 Å². The molecule has 1 N–H and O–H groups in total. The van der Waals surface area contributed by atoms with E-state index in [0.717, 1.165) is 34.3 Å². The van der Waals surface area contributed by atoms with E-state index >= 15 is 0 Å². The Morgan fingerprint density at radius 2 is 1.77 bits per heavy atom. The largest absolute Gasteiger partial charge is 0.381 e. The Balaban J connectivity index is 1.48. The van der Waals surface area contributed by atoms with Crippen molar-refractivity contribution in [3.8, 4) is 0 Å². The molecule has 1 heterocycles. The number of rotatable bonds is 8. The van der Waals surface area contributed by atoms with E-state index in [-0.39, 0.29) is 5.78 Å². The first kappa shape index (κ1) is 18.3. The molecule has 0 saturated heterocycles. The molecule has 132 valence electrons. The van der Waals surface area contributed by atoms with Crippen molar-refractivity contribution in [1.82, 2.24) is 4.98 Å². The van der Waals surface area contributed by atoms with E-state index in [0.29, 0.717) is 12.8 Å². The van der Waals surface area contributed by atoms with Crippen molar-refractivity contribution in [3.05, 3.63) is 94.2 Å². The Morgan fingerprint density at radius 3 is 2.50 bits per heavy atom. The molecule has 3 rings (SSSR count). The van der Waals surface area contributed by atoms with Crippen LogP contribution in [0.1, 0.15) is 23.1 Å². The molecule has 0 aliphatic rings. The fourth-order valence-corrected chi connectivity index (χ4v) is 3.15. The van der Waals surface area contributed by atoms with Crippen molar-refractivity contribution in [1.29, 1.82) is 0 Å². The quantitative estimate of drug-likeness (QED) is 0.556. The summed E-state index contributed by atoms with van der Waals surface area (Å²) in [5, 5.41) is 3.41. The standard InChI is InChI=1S/C22H21BrN2O/c23-22-6-2-1-5-19(22)16-25-20-10-7-17(8-11-20)14-21(26)12-9-18-4-3-13-24-15-18/h1-8,10-11,13,15,25H,9,12,14,16H2. The number of aryl methyl sites for hydroxylation is 1. The third-order valence-corrected chi connectivity index (χ3v) is 4.98. The van der Waals surface area contributed by atoms with Gasteiger partial charge in [0.15, 0.2) is 0 Å². The minimum atomic E-state index is 0.253. The Kier molecular flexibility index (Phi) is 6.56. The van der Waals surface area contributed by atoms with Gasteiger partial charge in [0.1, 0.15) is 5.78 Å². The van der Waals surface area contributed by atoms with E-state index in [2.05, 4.69) is 32.3 Å². The zero-order valence-electron chi connectivity index (χ0n) is 14.5. The van der Waals surface area contributed by atoms with Gasteiger partial charge in [-0.15, -0.1) is 0 Å². The monoisotopic (exact) mass is 408 g/mol. The number of hydrogen-bond acceptors (Lipinski definition) is 3. The van der Waals surface area contributed by atoms with Crippen molar-refractivity contribution in [2.24, 2.45) is 0 Å². The molecule has 0 radical (unpaired) electrons. The zero-order valence-corrected chi connectivity index (χ0v) is 16.1. The van der Waals surface area contributed by atoms with Gasteiger partial charge in [0.05, 0.1) is 0 Å². The highest BCUT2D eigenvalue weighted by Gasteiger charge is 2.05. The van der Waals surface area contributed by atoms with Gasteiger partial charge in [0.2, 0.25) is 0 Å². The molecule has 0 aliphatic heterocycles. The second kappa shape index (κ2) is 9.30. The Hall–Kier alpha value is -2.46. The highest BCUT2D eigenvalue weighted by Crippen LogP contribution is 2.18. The van der Waals surface area contributed by atoms with E-state index in [1.54, 1.807) is 6.20 Å². The maximum atomic E-state index is 12.2. The lowest BCUT2D eigenvalue weighted by Gasteiger charge is -2.09. The van der Waals surface area contributed by atoms with Crippen LogP contribution in [0.3, 0.4) is 0 Å². The molecular weight excluding hydrogens is 388 g/mol. The third kappa shape index (κ3) is 5.53. The predicted molar refractivity (Wildman–Crippen MR) is 109 cm³/mol. The first-order chi connectivity index (χ1) is 12.7. The second-order valence-corrected chi connectivity index (χ2v) is 7.07. The number of ketones is 1. The fraction of sp³-hybridized carbons (Fsp3) is 0.182. The topological polar surface area (TPSA) is 42.0 Å². The van der Waals surface area contributed by atoms with Gasteiger partial charge < -0.3 is 5.32 Å². The van der Waals surface area contributed by atoms with Gasteiger partial charge in [-0.3, -0.25) is 9.78 Å². The summed E-state index contributed by atoms with van der Waals surface area (Å²) in [6.45, 7) is 0.755. The van der Waals surface area contributed by atoms with Crippen LogP contribution in [0, 0.1) is 0 Å². The van der Waals surface area contributed by atoms with E-state index in [1.807, 2.05) is 60.8 Å². The van der Waals surface area contributed by atoms with Crippen LogP contribution in [0.2, 0.25) is 0 Å². The molecule has 2 aromatic carbocycles. The minimum absolute atomic E-state index is 0.253. The molecule has 0 unspecified atom stereocenters. The lowest BCUT2D eigenvalue weighted by molar-refractivity contribution is -0.118. The van der Waals surface area contributed by atoms with Crippen molar-refractivity contribution in [3.63, 3.8) is 0 Å². The molecule has 1 aromatic heterocycles. The van der Waals surface area contributed by atoms with Gasteiger partial charge in [-0.2, -0.15) is 0 Å². The average Bonchev–Trinajstić information content (AvgIpc) is 2.68. The molecule has 26 heavy (non-hydrogen) atoms. The van der Waals surface area contributed by atoms with Crippen LogP contribution in [-0.2, 0) is 24.2 Å². The molecule has 0 bridgehead atoms. The number of Topliss-reactive ketones (excluding diaryl/α,β-unsaturated/α-hetero) is 1. The van der Waals surface area contributed by atoms with Crippen LogP contribution < -0.4 is 5.32 Å². The van der Waals surface area contributed by atoms with Gasteiger partial charge in [0, 0.05) is 41.9 Å². The number of anilines is 1. The number of pyridine rings is 1. The van der Waals surface area contributed by atoms with E-state index < -0.39 is 0 Å². The molecule has 0 saturated carbocycles. The van der Waals surface area contributed by atoms with E-state index in [1.165, 1.54) is 5.56 Å². The summed E-state index contributed by atoms with van der Waals surface area (Å²) in [5.41, 5.74) is 4.41. The van der Waals surface area contributed by atoms with Gasteiger partial charge >= 0.3 is 0 Å². The summed E-state index contributed by atoms with van der Waals surface area (Å²) in [7, 11) is 0. The van der Waals surface area contributed by atoms with Crippen LogP contribution in [0.5, 0.6) is 0 Å². The number of benzene rings is 2. The molecule has 3 aromatic rings. The fourth-order valence-electron chi connectivity index (χ4n) is 2.73. The predicted octanol–water partition coefficient (Wildman–Crippen LogP) is 5.20. The SMILES string of the molecule is O=C(CCc1cccnc1)Cc1ccc(NCc2ccccc2Br)cc1. The molecule has 4 heteroatoms. The number of carbonyl (C=O) groups is 1. The first-order valence-corrected chi connectivity index (χ1v) is 9.47. The smallest absolute Gasteiger partial charge is 0.137 e. The van der Waals surface area contributed by atoms with Gasteiger partial charge in [-0.05, 0) is 47.4 Å². The summed E-state index contributed by atoms with van der Waals surface area (Å²) < 4.78 is 1.10. The Bertz CT molecular complexity index is 848. The average molecular weight is 409 g/mol. The maximum absolute atomic E-state index is 12.2. The lowest BCUT2D eigenvalue weighted by Crippen LogP contribution is -2.05. The van der Waals surface area contributed by atoms with Crippen LogP contribution in [-0.4, -0.2) is 10.8 Å². The van der Waals surface area contributed by atoms with Crippen LogP contribution in [0.15, 0.2) is 77.5 Å². The number of nitrogens with zero attached hydrogens (tertiary/aromatic N) is 1. The number of nitrogens with one attached hydrogen (secondary N) is 1. The zero-order chi connectivity index (χ0) is 18.2. The number of aromatic nitrogens is 1. The molecule has 0 spiro atoms. The van der Waals surface area contributed by atoms with E-state index in [4.69, 9.17) is 0 Å². The minimum Gasteiger partial charge on any atom is -0.381 e.